The monoisotopic (exact) mass is 332 g/mol. The zero-order valence-electron chi connectivity index (χ0n) is 13.4. The Balaban J connectivity index is 2.11. The molecule has 126 valence electrons. The number of carbonyl (C=O) groups is 2. The molecule has 0 spiro atoms. The van der Waals surface area contributed by atoms with Crippen LogP contribution in [0.4, 0.5) is 5.69 Å². The minimum atomic E-state index is -0.930. The zero-order valence-corrected chi connectivity index (χ0v) is 13.4. The Morgan fingerprint density at radius 2 is 1.79 bits per heavy atom. The van der Waals surface area contributed by atoms with Gasteiger partial charge in [-0.3, -0.25) is 14.9 Å². The van der Waals surface area contributed by atoms with Crippen LogP contribution in [0.5, 0.6) is 0 Å². The molecule has 0 fully saturated rings. The van der Waals surface area contributed by atoms with Crippen molar-refractivity contribution in [1.82, 2.24) is 4.90 Å². The number of likely N-dealkylation sites (N-methyl/N-ethyl adjacent to an activating group) is 1. The lowest BCUT2D eigenvalue weighted by atomic mass is 10.1. The van der Waals surface area contributed by atoms with Gasteiger partial charge in [-0.2, -0.15) is 0 Å². The predicted molar refractivity (Wildman–Crippen MR) is 84.4 cm³/mol. The van der Waals surface area contributed by atoms with Crippen LogP contribution in [0.2, 0.25) is 0 Å². The largest absolute Gasteiger partial charge is 0.449 e. The molecular formula is C16H16N2O6. The Hall–Kier alpha value is -3.16. The lowest BCUT2D eigenvalue weighted by Gasteiger charge is -2.16. The fourth-order valence-electron chi connectivity index (χ4n) is 1.98. The molecule has 24 heavy (non-hydrogen) atoms. The Morgan fingerprint density at radius 3 is 2.33 bits per heavy atom. The summed E-state index contributed by atoms with van der Waals surface area (Å²) in [6.07, 6.45) is -0.930. The molecule has 2 rings (SSSR count). The molecule has 0 radical (unpaired) electrons. The summed E-state index contributed by atoms with van der Waals surface area (Å²) in [6, 6.07) is 8.69. The van der Waals surface area contributed by atoms with Gasteiger partial charge in [0.25, 0.3) is 11.6 Å². The third-order valence-electron chi connectivity index (χ3n) is 3.24. The average molecular weight is 332 g/mol. The maximum atomic E-state index is 12.0. The molecule has 1 heterocycles. The SMILES string of the molecule is C[C@H](OC(=O)c1ccc(-c2ccc([N+](=O)[O-])cc2)o1)C(=O)N(C)C. The number of hydrogen-bond donors (Lipinski definition) is 0. The van der Waals surface area contributed by atoms with Crippen LogP contribution in [-0.2, 0) is 9.53 Å². The van der Waals surface area contributed by atoms with Crippen LogP contribution in [0.3, 0.4) is 0 Å². The van der Waals surface area contributed by atoms with Crippen molar-refractivity contribution in [2.75, 3.05) is 14.1 Å². The van der Waals surface area contributed by atoms with E-state index >= 15 is 0 Å². The molecule has 2 aromatic rings. The number of nitro benzene ring substituents is 1. The van der Waals surface area contributed by atoms with Crippen LogP contribution in [0.15, 0.2) is 40.8 Å². The molecule has 0 unspecified atom stereocenters. The first-order chi connectivity index (χ1) is 11.3. The molecule has 0 saturated heterocycles. The number of furan rings is 1. The standard InChI is InChI=1S/C16H16N2O6/c1-10(15(19)17(2)3)23-16(20)14-9-8-13(24-14)11-4-6-12(7-5-11)18(21)22/h4-10H,1-3H3/t10-/m0/s1. The second-order valence-corrected chi connectivity index (χ2v) is 5.25. The van der Waals surface area contributed by atoms with Gasteiger partial charge in [0.15, 0.2) is 6.10 Å². The number of non-ortho nitro benzene ring substituents is 1. The molecule has 1 amide bonds. The summed E-state index contributed by atoms with van der Waals surface area (Å²) in [5.41, 5.74) is 0.540. The van der Waals surface area contributed by atoms with Crippen molar-refractivity contribution in [2.45, 2.75) is 13.0 Å². The minimum absolute atomic E-state index is 0.0408. The molecule has 8 heteroatoms. The topological polar surface area (TPSA) is 103 Å². The van der Waals surface area contributed by atoms with Gasteiger partial charge >= 0.3 is 5.97 Å². The molecule has 0 saturated carbocycles. The van der Waals surface area contributed by atoms with Gasteiger partial charge in [-0.1, -0.05) is 0 Å². The van der Waals surface area contributed by atoms with Crippen molar-refractivity contribution in [1.29, 1.82) is 0 Å². The maximum Gasteiger partial charge on any atom is 0.375 e. The Kier molecular flexibility index (Phi) is 4.98. The number of amides is 1. The van der Waals surface area contributed by atoms with E-state index in [2.05, 4.69) is 0 Å². The van der Waals surface area contributed by atoms with Crippen molar-refractivity contribution >= 4 is 17.6 Å². The van der Waals surface area contributed by atoms with E-state index in [1.54, 1.807) is 20.2 Å². The highest BCUT2D eigenvalue weighted by atomic mass is 16.6. The maximum absolute atomic E-state index is 12.0. The zero-order chi connectivity index (χ0) is 17.9. The second-order valence-electron chi connectivity index (χ2n) is 5.25. The average Bonchev–Trinajstić information content (AvgIpc) is 3.04. The van der Waals surface area contributed by atoms with Crippen molar-refractivity contribution in [2.24, 2.45) is 0 Å². The van der Waals surface area contributed by atoms with E-state index in [4.69, 9.17) is 9.15 Å². The third kappa shape index (κ3) is 3.78. The number of nitro groups is 1. The molecule has 1 aromatic heterocycles. The second kappa shape index (κ2) is 6.95. The van der Waals surface area contributed by atoms with Gasteiger partial charge in [0, 0.05) is 31.8 Å². The van der Waals surface area contributed by atoms with E-state index in [-0.39, 0.29) is 17.4 Å². The molecule has 0 N–H and O–H groups in total. The molecule has 1 atom stereocenters. The summed E-state index contributed by atoms with van der Waals surface area (Å²) in [4.78, 5) is 35.1. The van der Waals surface area contributed by atoms with Gasteiger partial charge < -0.3 is 14.1 Å². The van der Waals surface area contributed by atoms with Crippen molar-refractivity contribution in [3.05, 3.63) is 52.3 Å². The van der Waals surface area contributed by atoms with Crippen LogP contribution in [0.1, 0.15) is 17.5 Å². The quantitative estimate of drug-likeness (QED) is 0.473. The van der Waals surface area contributed by atoms with Crippen molar-refractivity contribution in [3.63, 3.8) is 0 Å². The smallest absolute Gasteiger partial charge is 0.375 e. The molecule has 0 aliphatic carbocycles. The van der Waals surface area contributed by atoms with Crippen LogP contribution in [-0.4, -0.2) is 41.9 Å². The summed E-state index contributed by atoms with van der Waals surface area (Å²) < 4.78 is 10.4. The number of benzene rings is 1. The normalized spacial score (nSPS) is 11.6. The number of rotatable bonds is 5. The van der Waals surface area contributed by atoms with E-state index in [0.29, 0.717) is 11.3 Å². The van der Waals surface area contributed by atoms with Crippen molar-refractivity contribution < 1.29 is 23.7 Å². The van der Waals surface area contributed by atoms with Crippen molar-refractivity contribution in [3.8, 4) is 11.3 Å². The predicted octanol–water partition coefficient (Wildman–Crippen LogP) is 2.49. The van der Waals surface area contributed by atoms with Crippen LogP contribution >= 0.6 is 0 Å². The van der Waals surface area contributed by atoms with Gasteiger partial charge in [0.1, 0.15) is 5.76 Å². The number of carbonyl (C=O) groups excluding carboxylic acids is 2. The number of ether oxygens (including phenoxy) is 1. The van der Waals surface area contributed by atoms with Gasteiger partial charge in [0.05, 0.1) is 4.92 Å². The van der Waals surface area contributed by atoms with Crippen LogP contribution in [0, 0.1) is 10.1 Å². The minimum Gasteiger partial charge on any atom is -0.449 e. The molecule has 8 nitrogen and oxygen atoms in total. The first-order valence-corrected chi connectivity index (χ1v) is 7.06. The van der Waals surface area contributed by atoms with Gasteiger partial charge in [-0.15, -0.1) is 0 Å². The number of hydrogen-bond acceptors (Lipinski definition) is 6. The molecule has 0 aliphatic rings. The van der Waals surface area contributed by atoms with E-state index in [0.717, 1.165) is 0 Å². The highest BCUT2D eigenvalue weighted by Gasteiger charge is 2.22. The Morgan fingerprint density at radius 1 is 1.17 bits per heavy atom. The lowest BCUT2D eigenvalue weighted by Crippen LogP contribution is -2.34. The summed E-state index contributed by atoms with van der Waals surface area (Å²) >= 11 is 0. The summed E-state index contributed by atoms with van der Waals surface area (Å²) in [6.45, 7) is 1.47. The molecule has 0 bridgehead atoms. The molecule has 0 aliphatic heterocycles. The first kappa shape index (κ1) is 17.2. The molecular weight excluding hydrogens is 316 g/mol. The third-order valence-corrected chi connectivity index (χ3v) is 3.24. The van der Waals surface area contributed by atoms with Gasteiger partial charge in [-0.25, -0.2) is 4.79 Å². The highest BCUT2D eigenvalue weighted by molar-refractivity contribution is 5.90. The van der Waals surface area contributed by atoms with E-state index in [1.807, 2.05) is 0 Å². The van der Waals surface area contributed by atoms with E-state index < -0.39 is 17.0 Å². The summed E-state index contributed by atoms with van der Waals surface area (Å²) in [5.74, 6) is -0.790. The van der Waals surface area contributed by atoms with Gasteiger partial charge in [0.2, 0.25) is 5.76 Å². The van der Waals surface area contributed by atoms with Crippen LogP contribution in [0.25, 0.3) is 11.3 Å². The summed E-state index contributed by atoms with van der Waals surface area (Å²) in [5, 5.41) is 10.6. The number of nitrogens with zero attached hydrogens (tertiary/aromatic N) is 2. The van der Waals surface area contributed by atoms with Crippen LogP contribution < -0.4 is 0 Å². The first-order valence-electron chi connectivity index (χ1n) is 7.06. The van der Waals surface area contributed by atoms with E-state index in [1.165, 1.54) is 42.2 Å². The number of esters is 1. The highest BCUT2D eigenvalue weighted by Crippen LogP contribution is 2.25. The summed E-state index contributed by atoms with van der Waals surface area (Å²) in [7, 11) is 3.12. The Labute approximate surface area is 137 Å². The molecule has 1 aromatic carbocycles. The fraction of sp³-hybridized carbons (Fsp3) is 0.250. The van der Waals surface area contributed by atoms with Gasteiger partial charge in [-0.05, 0) is 31.2 Å². The lowest BCUT2D eigenvalue weighted by molar-refractivity contribution is -0.384. The fourth-order valence-corrected chi connectivity index (χ4v) is 1.98. The van der Waals surface area contributed by atoms with E-state index in [9.17, 15) is 19.7 Å². The Bertz CT molecular complexity index is 763.